The molecule has 6 atom stereocenters. The molecular weight excluding hydrogens is 727 g/mol. The number of rotatable bonds is 6. The van der Waals surface area contributed by atoms with Crippen molar-refractivity contribution in [2.75, 3.05) is 6.54 Å². The van der Waals surface area contributed by atoms with Gasteiger partial charge in [-0.3, -0.25) is 19.1 Å². The molecular formula is C40H53N5O9S. The zero-order chi connectivity index (χ0) is 39.1. The number of pyridine rings is 1. The predicted molar refractivity (Wildman–Crippen MR) is 204 cm³/mol. The standard InChI is InChI=1S/C40H53N5O9S/c1-4-24(2)55(51,52)44-37(49)40-21-26(40)12-8-6-5-7-9-15-32(42-38(50)53-28-13-10-11-14-28)36(48)45-23-39(22-33(45)35(47)43-40)19-18-29-30-20-27(46)16-17-31(30)41-25(3)34(29)54-39/h8,12,16-17,20,24,26,28,32-33,46H,4-7,9-11,13-15,18-19,21-23H2,1-3H3,(H,42,50)(H,43,47)(H,44,49). The summed E-state index contributed by atoms with van der Waals surface area (Å²) in [6.07, 6.45) is 11.2. The molecule has 4 N–H and O–H groups in total. The van der Waals surface area contributed by atoms with E-state index in [2.05, 4.69) is 15.4 Å². The number of fused-ring (bicyclic) bond motifs is 5. The third-order valence-electron chi connectivity index (χ3n) is 12.3. The number of alkyl carbamates (subject to hydrolysis) is 1. The summed E-state index contributed by atoms with van der Waals surface area (Å²) >= 11 is 0. The highest BCUT2D eigenvalue weighted by molar-refractivity contribution is 7.90. The number of benzene rings is 1. The van der Waals surface area contributed by atoms with E-state index in [9.17, 15) is 32.7 Å². The first kappa shape index (κ1) is 38.9. The van der Waals surface area contributed by atoms with Crippen molar-refractivity contribution < 1.29 is 42.2 Å². The largest absolute Gasteiger partial charge is 0.508 e. The molecule has 1 aromatic heterocycles. The van der Waals surface area contributed by atoms with Crippen LogP contribution in [-0.4, -0.2) is 88.3 Å². The van der Waals surface area contributed by atoms with Crippen LogP contribution in [0.25, 0.3) is 10.9 Å². The molecule has 1 aromatic carbocycles. The Balaban J connectivity index is 1.22. The number of nitrogens with one attached hydrogen (secondary N) is 3. The van der Waals surface area contributed by atoms with Gasteiger partial charge >= 0.3 is 6.09 Å². The van der Waals surface area contributed by atoms with Crippen LogP contribution in [0.3, 0.4) is 0 Å². The molecule has 1 spiro atoms. The molecule has 1 saturated heterocycles. The number of aryl methyl sites for hydroxylation is 2. The first-order valence-corrected chi connectivity index (χ1v) is 21.4. The summed E-state index contributed by atoms with van der Waals surface area (Å²) in [5.74, 6) is -1.67. The Morgan fingerprint density at radius 3 is 2.65 bits per heavy atom. The number of amides is 4. The highest BCUT2D eigenvalue weighted by Gasteiger charge is 2.62. The molecule has 6 unspecified atom stereocenters. The predicted octanol–water partition coefficient (Wildman–Crippen LogP) is 4.59. The number of nitrogens with zero attached hydrogens (tertiary/aromatic N) is 2. The molecule has 2 aliphatic carbocycles. The van der Waals surface area contributed by atoms with E-state index in [4.69, 9.17) is 14.5 Å². The topological polar surface area (TPSA) is 193 Å². The second-order valence-corrected chi connectivity index (χ2v) is 18.3. The van der Waals surface area contributed by atoms with E-state index < -0.39 is 68.2 Å². The lowest BCUT2D eigenvalue weighted by atomic mass is 9.87. The number of hydrogen-bond donors (Lipinski definition) is 4. The average molecular weight is 780 g/mol. The zero-order valence-electron chi connectivity index (χ0n) is 31.9. The number of phenolic OH excluding ortho intramolecular Hbond substituents is 1. The monoisotopic (exact) mass is 779 g/mol. The van der Waals surface area contributed by atoms with Gasteiger partial charge in [0.15, 0.2) is 0 Å². The number of hydrogen-bond acceptors (Lipinski definition) is 10. The van der Waals surface area contributed by atoms with Gasteiger partial charge in [-0.2, -0.15) is 0 Å². The summed E-state index contributed by atoms with van der Waals surface area (Å²) in [7, 11) is -4.01. The number of allylic oxidation sites excluding steroid dienone is 1. The summed E-state index contributed by atoms with van der Waals surface area (Å²) in [6.45, 7) is 5.10. The molecule has 2 saturated carbocycles. The fourth-order valence-electron chi connectivity index (χ4n) is 8.77. The number of sulfonamides is 1. The van der Waals surface area contributed by atoms with Crippen LogP contribution in [0.4, 0.5) is 4.79 Å². The van der Waals surface area contributed by atoms with Gasteiger partial charge in [-0.15, -0.1) is 0 Å². The maximum absolute atomic E-state index is 14.7. The van der Waals surface area contributed by atoms with Gasteiger partial charge in [0.25, 0.3) is 5.91 Å². The Morgan fingerprint density at radius 1 is 1.13 bits per heavy atom. The van der Waals surface area contributed by atoms with E-state index >= 15 is 0 Å². The Morgan fingerprint density at radius 2 is 1.89 bits per heavy atom. The molecule has 0 bridgehead atoms. The second-order valence-electron chi connectivity index (χ2n) is 16.2. The van der Waals surface area contributed by atoms with Gasteiger partial charge in [-0.25, -0.2) is 18.2 Å². The van der Waals surface area contributed by atoms with Crippen LogP contribution in [0, 0.1) is 12.8 Å². The number of aromatic hydroxyl groups is 1. The Kier molecular flexibility index (Phi) is 10.8. The lowest BCUT2D eigenvalue weighted by Gasteiger charge is -2.36. The van der Waals surface area contributed by atoms with Crippen LogP contribution in [-0.2, 0) is 35.6 Å². The quantitative estimate of drug-likeness (QED) is 0.302. The summed E-state index contributed by atoms with van der Waals surface area (Å²) in [5.41, 5.74) is -0.312. The summed E-state index contributed by atoms with van der Waals surface area (Å²) in [4.78, 5) is 62.6. The SMILES string of the molecule is CCC(C)S(=O)(=O)NC(=O)C12CC1C=CCCCCCC(NC(=O)OC1CCCC1)C(=O)N1CC3(CCc4c(c(C)nc5ccc(O)cc45)O3)CC1C(=O)N2. The van der Waals surface area contributed by atoms with Gasteiger partial charge in [0.2, 0.25) is 21.8 Å². The number of aromatic nitrogens is 1. The Bertz CT molecular complexity index is 2000. The van der Waals surface area contributed by atoms with E-state index in [1.54, 1.807) is 25.1 Å². The lowest BCUT2D eigenvalue weighted by Crippen LogP contribution is -2.58. The molecule has 3 fully saturated rings. The van der Waals surface area contributed by atoms with Gasteiger partial charge < -0.3 is 30.1 Å². The molecule has 298 valence electrons. The minimum atomic E-state index is -4.01. The number of carbonyl (C=O) groups is 4. The molecule has 3 aliphatic heterocycles. The van der Waals surface area contributed by atoms with E-state index in [-0.39, 0.29) is 31.2 Å². The van der Waals surface area contributed by atoms with Gasteiger partial charge in [-0.05, 0) is 103 Å². The second kappa shape index (κ2) is 15.3. The van der Waals surface area contributed by atoms with Crippen molar-refractivity contribution >= 4 is 44.7 Å². The van der Waals surface area contributed by atoms with Gasteiger partial charge in [0, 0.05) is 23.3 Å². The van der Waals surface area contributed by atoms with E-state index in [1.807, 2.05) is 19.1 Å². The zero-order valence-corrected chi connectivity index (χ0v) is 32.7. The molecule has 14 nitrogen and oxygen atoms in total. The van der Waals surface area contributed by atoms with Crippen LogP contribution >= 0.6 is 0 Å². The van der Waals surface area contributed by atoms with Crippen molar-refractivity contribution in [3.63, 3.8) is 0 Å². The van der Waals surface area contributed by atoms with Crippen molar-refractivity contribution in [1.29, 1.82) is 0 Å². The minimum Gasteiger partial charge on any atom is -0.508 e. The van der Waals surface area contributed by atoms with Gasteiger partial charge in [-0.1, -0.05) is 31.9 Å². The highest BCUT2D eigenvalue weighted by atomic mass is 32.2. The van der Waals surface area contributed by atoms with Crippen molar-refractivity contribution in [1.82, 2.24) is 25.2 Å². The number of ether oxygens (including phenoxy) is 2. The first-order chi connectivity index (χ1) is 26.2. The van der Waals surface area contributed by atoms with Crippen LogP contribution in [0.2, 0.25) is 0 Å². The van der Waals surface area contributed by atoms with Crippen LogP contribution in [0.15, 0.2) is 30.4 Å². The summed E-state index contributed by atoms with van der Waals surface area (Å²) in [6, 6.07) is 2.92. The summed E-state index contributed by atoms with van der Waals surface area (Å²) in [5, 5.41) is 16.0. The van der Waals surface area contributed by atoms with E-state index in [0.717, 1.165) is 49.5 Å². The number of phenols is 1. The normalized spacial score (nSPS) is 29.2. The molecule has 4 amide bonds. The van der Waals surface area contributed by atoms with E-state index in [1.165, 1.54) is 11.8 Å². The van der Waals surface area contributed by atoms with Gasteiger partial charge in [0.05, 0.1) is 23.0 Å². The maximum atomic E-state index is 14.7. The fraction of sp³-hybridized carbons (Fsp3) is 0.625. The Hall–Kier alpha value is -4.40. The van der Waals surface area contributed by atoms with Crippen molar-refractivity contribution in [2.24, 2.45) is 5.92 Å². The fourth-order valence-corrected chi connectivity index (χ4v) is 9.85. The average Bonchev–Trinajstić information content (AvgIpc) is 3.41. The van der Waals surface area contributed by atoms with Crippen molar-refractivity contribution in [3.8, 4) is 11.5 Å². The molecule has 5 aliphatic rings. The van der Waals surface area contributed by atoms with Crippen molar-refractivity contribution in [3.05, 3.63) is 41.6 Å². The molecule has 7 rings (SSSR count). The van der Waals surface area contributed by atoms with Crippen LogP contribution in [0.5, 0.6) is 11.5 Å². The van der Waals surface area contributed by atoms with Crippen LogP contribution in [0.1, 0.15) is 109 Å². The number of carbonyl (C=O) groups excluding carboxylic acids is 4. The third kappa shape index (κ3) is 7.86. The van der Waals surface area contributed by atoms with Crippen molar-refractivity contribution in [2.45, 2.75) is 145 Å². The minimum absolute atomic E-state index is 0.0294. The smallest absolute Gasteiger partial charge is 0.408 e. The Labute approximate surface area is 322 Å². The first-order valence-electron chi connectivity index (χ1n) is 19.9. The lowest BCUT2D eigenvalue weighted by molar-refractivity contribution is -0.141. The molecule has 15 heteroatoms. The van der Waals surface area contributed by atoms with Gasteiger partial charge in [0.1, 0.15) is 40.8 Å². The molecule has 0 radical (unpaired) electrons. The highest BCUT2D eigenvalue weighted by Crippen LogP contribution is 2.48. The summed E-state index contributed by atoms with van der Waals surface area (Å²) < 4.78 is 40.9. The third-order valence-corrected chi connectivity index (χ3v) is 14.2. The molecule has 2 aromatic rings. The molecule has 55 heavy (non-hydrogen) atoms. The van der Waals surface area contributed by atoms with Crippen LogP contribution < -0.4 is 20.1 Å². The molecule has 4 heterocycles. The maximum Gasteiger partial charge on any atom is 0.408 e. The van der Waals surface area contributed by atoms with E-state index in [0.29, 0.717) is 55.5 Å².